The Bertz CT molecular complexity index is 1140. The van der Waals surface area contributed by atoms with Gasteiger partial charge < -0.3 is 14.9 Å². The molecule has 0 spiro atoms. The van der Waals surface area contributed by atoms with Gasteiger partial charge in [0.25, 0.3) is 11.1 Å². The van der Waals surface area contributed by atoms with Gasteiger partial charge in [-0.1, -0.05) is 42.5 Å². The normalized spacial score (nSPS) is 12.6. The zero-order valence-electron chi connectivity index (χ0n) is 14.1. The lowest BCUT2D eigenvalue weighted by atomic mass is 10.2. The largest absolute Gasteiger partial charge is 0.399 e. The fourth-order valence-electron chi connectivity index (χ4n) is 2.62. The molecule has 0 fully saturated rings. The number of anilines is 1. The molecule has 0 saturated carbocycles. The van der Waals surface area contributed by atoms with Crippen LogP contribution in [0.1, 0.15) is 11.1 Å². The maximum Gasteiger partial charge on any atom is 0.274 e. The summed E-state index contributed by atoms with van der Waals surface area (Å²) in [6, 6.07) is 16.6. The molecule has 1 aromatic heterocycles. The van der Waals surface area contributed by atoms with E-state index in [1.54, 1.807) is 38.4 Å². The van der Waals surface area contributed by atoms with Crippen molar-refractivity contribution in [3.05, 3.63) is 97.1 Å². The Hall–Kier alpha value is -3.34. The van der Waals surface area contributed by atoms with E-state index < -0.39 is 0 Å². The lowest BCUT2D eigenvalue weighted by Gasteiger charge is -2.05. The van der Waals surface area contributed by atoms with Gasteiger partial charge in [-0.3, -0.25) is 9.59 Å². The summed E-state index contributed by atoms with van der Waals surface area (Å²) < 4.78 is 2.77. The average Bonchev–Trinajstić information content (AvgIpc) is 2.63. The summed E-state index contributed by atoms with van der Waals surface area (Å²) in [4.78, 5) is 25.5. The fraction of sp³-hybridized carbons (Fsp3) is 0.100. The molecule has 5 nitrogen and oxygen atoms in total. The zero-order valence-corrected chi connectivity index (χ0v) is 14.1. The minimum atomic E-state index is -0.235. The van der Waals surface area contributed by atoms with E-state index in [9.17, 15) is 9.59 Å². The summed E-state index contributed by atoms with van der Waals surface area (Å²) in [5, 5.41) is 0.663. The van der Waals surface area contributed by atoms with Crippen LogP contribution in [-0.4, -0.2) is 9.13 Å². The standard InChI is InChI=1S/C20H19N3O2/c1-22-17(12-14-6-4-3-5-7-14)19(24)23(2)18(20(22)25)13-15-8-10-16(21)11-9-15/h3-13H,21H2,1-2H3/b17-12-,18-13-. The van der Waals surface area contributed by atoms with Crippen molar-refractivity contribution in [1.82, 2.24) is 9.13 Å². The molecule has 0 radical (unpaired) electrons. The second-order valence-electron chi connectivity index (χ2n) is 5.86. The van der Waals surface area contributed by atoms with Crippen molar-refractivity contribution in [1.29, 1.82) is 0 Å². The summed E-state index contributed by atoms with van der Waals surface area (Å²) >= 11 is 0. The summed E-state index contributed by atoms with van der Waals surface area (Å²) in [5.74, 6) is 0. The van der Waals surface area contributed by atoms with Gasteiger partial charge in [0.15, 0.2) is 0 Å². The number of hydrogen-bond donors (Lipinski definition) is 1. The molecule has 3 aromatic rings. The van der Waals surface area contributed by atoms with Gasteiger partial charge in [0.2, 0.25) is 0 Å². The molecule has 2 aromatic carbocycles. The van der Waals surface area contributed by atoms with Crippen molar-refractivity contribution in [2.24, 2.45) is 14.1 Å². The van der Waals surface area contributed by atoms with Gasteiger partial charge in [0, 0.05) is 19.8 Å². The van der Waals surface area contributed by atoms with Crippen molar-refractivity contribution >= 4 is 17.8 Å². The topological polar surface area (TPSA) is 70.0 Å². The fourth-order valence-corrected chi connectivity index (χ4v) is 2.62. The van der Waals surface area contributed by atoms with Crippen molar-refractivity contribution in [3.8, 4) is 0 Å². The molecule has 25 heavy (non-hydrogen) atoms. The first kappa shape index (κ1) is 16.5. The number of rotatable bonds is 2. The quantitative estimate of drug-likeness (QED) is 0.687. The Balaban J connectivity index is 2.29. The summed E-state index contributed by atoms with van der Waals surface area (Å²) in [7, 11) is 3.22. The average molecular weight is 333 g/mol. The van der Waals surface area contributed by atoms with E-state index in [2.05, 4.69) is 0 Å². The van der Waals surface area contributed by atoms with Gasteiger partial charge in [-0.25, -0.2) is 0 Å². The van der Waals surface area contributed by atoms with Crippen LogP contribution in [0.5, 0.6) is 0 Å². The number of nitrogen functional groups attached to an aromatic ring is 1. The third-order valence-corrected chi connectivity index (χ3v) is 4.11. The predicted molar refractivity (Wildman–Crippen MR) is 101 cm³/mol. The number of aromatic nitrogens is 2. The Labute approximate surface area is 144 Å². The number of hydrogen-bond acceptors (Lipinski definition) is 3. The van der Waals surface area contributed by atoms with Gasteiger partial charge >= 0.3 is 0 Å². The number of nitrogens with two attached hydrogens (primary N) is 1. The van der Waals surface area contributed by atoms with Gasteiger partial charge in [-0.2, -0.15) is 0 Å². The molecule has 2 N–H and O–H groups in total. The highest BCUT2D eigenvalue weighted by atomic mass is 16.1. The summed E-state index contributed by atoms with van der Waals surface area (Å²) in [6.07, 6.45) is 3.41. The molecule has 126 valence electrons. The molecular formula is C20H19N3O2. The minimum absolute atomic E-state index is 0.229. The highest BCUT2D eigenvalue weighted by Crippen LogP contribution is 2.05. The highest BCUT2D eigenvalue weighted by Gasteiger charge is 2.05. The summed E-state index contributed by atoms with van der Waals surface area (Å²) in [6.45, 7) is 0. The van der Waals surface area contributed by atoms with Crippen LogP contribution < -0.4 is 27.6 Å². The first-order chi connectivity index (χ1) is 12.0. The van der Waals surface area contributed by atoms with Crippen molar-refractivity contribution in [2.45, 2.75) is 0 Å². The third kappa shape index (κ3) is 3.30. The molecule has 0 atom stereocenters. The first-order valence-electron chi connectivity index (χ1n) is 7.87. The van der Waals surface area contributed by atoms with Crippen LogP contribution in [0, 0.1) is 0 Å². The predicted octanol–water partition coefficient (Wildman–Crippen LogP) is 0.324. The van der Waals surface area contributed by atoms with Crippen LogP contribution in [0.25, 0.3) is 12.2 Å². The Morgan fingerprint density at radius 2 is 1.16 bits per heavy atom. The molecule has 0 saturated heterocycles. The van der Waals surface area contributed by atoms with Crippen LogP contribution in [-0.2, 0) is 14.1 Å². The van der Waals surface area contributed by atoms with Crippen molar-refractivity contribution in [2.75, 3.05) is 5.73 Å². The van der Waals surface area contributed by atoms with E-state index in [1.807, 2.05) is 42.5 Å². The SMILES string of the molecule is Cn1c(=O)/c(=C/c2ccc(N)cc2)n(C)c(=O)/c1=C/c1ccccc1. The lowest BCUT2D eigenvalue weighted by Crippen LogP contribution is -2.56. The molecule has 1 heterocycles. The molecule has 0 bridgehead atoms. The Morgan fingerprint density at radius 1 is 0.720 bits per heavy atom. The van der Waals surface area contributed by atoms with E-state index in [0.717, 1.165) is 11.1 Å². The molecule has 0 unspecified atom stereocenters. The first-order valence-corrected chi connectivity index (χ1v) is 7.87. The Morgan fingerprint density at radius 3 is 1.64 bits per heavy atom. The molecular weight excluding hydrogens is 314 g/mol. The number of nitrogens with zero attached hydrogens (tertiary/aromatic N) is 2. The van der Waals surface area contributed by atoms with Crippen molar-refractivity contribution < 1.29 is 0 Å². The van der Waals surface area contributed by atoms with E-state index in [0.29, 0.717) is 16.4 Å². The van der Waals surface area contributed by atoms with Gasteiger partial charge in [0.05, 0.1) is 0 Å². The molecule has 0 aliphatic heterocycles. The van der Waals surface area contributed by atoms with E-state index in [4.69, 9.17) is 5.73 Å². The van der Waals surface area contributed by atoms with Gasteiger partial charge in [-0.15, -0.1) is 0 Å². The third-order valence-electron chi connectivity index (χ3n) is 4.11. The van der Waals surface area contributed by atoms with Crippen LogP contribution in [0.4, 0.5) is 5.69 Å². The van der Waals surface area contributed by atoms with Gasteiger partial charge in [-0.05, 0) is 35.4 Å². The van der Waals surface area contributed by atoms with Crippen LogP contribution in [0.3, 0.4) is 0 Å². The molecule has 5 heteroatoms. The minimum Gasteiger partial charge on any atom is -0.399 e. The molecule has 0 aliphatic rings. The highest BCUT2D eigenvalue weighted by molar-refractivity contribution is 5.53. The van der Waals surface area contributed by atoms with Crippen LogP contribution in [0.2, 0.25) is 0 Å². The zero-order chi connectivity index (χ0) is 18.0. The van der Waals surface area contributed by atoms with E-state index in [1.165, 1.54) is 9.13 Å². The van der Waals surface area contributed by atoms with Crippen molar-refractivity contribution in [3.63, 3.8) is 0 Å². The maximum atomic E-state index is 12.8. The molecule has 0 amide bonds. The second-order valence-corrected chi connectivity index (χ2v) is 5.86. The molecule has 3 rings (SSSR count). The maximum absolute atomic E-state index is 12.8. The number of benzene rings is 2. The van der Waals surface area contributed by atoms with E-state index >= 15 is 0 Å². The smallest absolute Gasteiger partial charge is 0.274 e. The monoisotopic (exact) mass is 333 g/mol. The Kier molecular flexibility index (Phi) is 4.39. The van der Waals surface area contributed by atoms with Gasteiger partial charge in [0.1, 0.15) is 10.7 Å². The van der Waals surface area contributed by atoms with Crippen LogP contribution in [0.15, 0.2) is 64.2 Å². The van der Waals surface area contributed by atoms with E-state index in [-0.39, 0.29) is 11.1 Å². The lowest BCUT2D eigenvalue weighted by molar-refractivity contribution is 0.696. The van der Waals surface area contributed by atoms with Crippen LogP contribution >= 0.6 is 0 Å². The molecule has 0 aliphatic carbocycles. The summed E-state index contributed by atoms with van der Waals surface area (Å²) in [5.41, 5.74) is 7.54. The second kappa shape index (κ2) is 6.65.